The summed E-state index contributed by atoms with van der Waals surface area (Å²) in [5, 5.41) is 15.2. The Kier molecular flexibility index (Phi) is 7.58. The lowest BCUT2D eigenvalue weighted by Crippen LogP contribution is -2.61. The van der Waals surface area contributed by atoms with E-state index in [4.69, 9.17) is 4.74 Å². The topological polar surface area (TPSA) is 105 Å². The van der Waals surface area contributed by atoms with E-state index < -0.39 is 35.0 Å². The van der Waals surface area contributed by atoms with Crippen LogP contribution in [0.15, 0.2) is 48.5 Å². The van der Waals surface area contributed by atoms with Crippen LogP contribution in [0.25, 0.3) is 11.1 Å². The summed E-state index contributed by atoms with van der Waals surface area (Å²) in [4.78, 5) is 37.7. The smallest absolute Gasteiger partial charge is 0.407 e. The van der Waals surface area contributed by atoms with E-state index >= 15 is 0 Å². The fraction of sp³-hybridized carbons (Fsp3) is 0.464. The zero-order chi connectivity index (χ0) is 26.0. The van der Waals surface area contributed by atoms with E-state index in [-0.39, 0.29) is 18.4 Å². The van der Waals surface area contributed by atoms with Gasteiger partial charge in [0.05, 0.1) is 11.0 Å². The Morgan fingerprint density at radius 3 is 1.97 bits per heavy atom. The average molecular weight is 481 g/mol. The molecule has 0 aliphatic heterocycles. The molecule has 0 spiro atoms. The number of carbonyl (C=O) groups excluding carboxylic acids is 2. The maximum absolute atomic E-state index is 13.2. The van der Waals surface area contributed by atoms with Crippen LogP contribution >= 0.6 is 0 Å². The molecule has 1 unspecified atom stereocenters. The van der Waals surface area contributed by atoms with Gasteiger partial charge in [0.1, 0.15) is 12.6 Å². The van der Waals surface area contributed by atoms with Crippen molar-refractivity contribution in [1.82, 2.24) is 10.6 Å². The average Bonchev–Trinajstić information content (AvgIpc) is 3.13. The third kappa shape index (κ3) is 5.19. The number of hydrogen-bond acceptors (Lipinski definition) is 4. The monoisotopic (exact) mass is 480 g/mol. The summed E-state index contributed by atoms with van der Waals surface area (Å²) >= 11 is 0. The van der Waals surface area contributed by atoms with Gasteiger partial charge in [-0.05, 0) is 55.9 Å². The highest BCUT2D eigenvalue weighted by Gasteiger charge is 2.45. The third-order valence-corrected chi connectivity index (χ3v) is 7.65. The molecular formula is C28H36N2O5. The van der Waals surface area contributed by atoms with E-state index in [1.807, 2.05) is 50.2 Å². The molecule has 7 heteroatoms. The zero-order valence-corrected chi connectivity index (χ0v) is 21.3. The second kappa shape index (κ2) is 10.1. The Labute approximate surface area is 207 Å². The van der Waals surface area contributed by atoms with Gasteiger partial charge in [-0.25, -0.2) is 4.79 Å². The number of benzene rings is 2. The standard InChI is InChI=1S/C28H36N2O5/c1-7-17(2)23(24(31)30-28(5,6)27(3,4)25(32)33)29-26(34)35-16-22-20-14-10-8-12-18(20)19-13-9-11-15-21(19)22/h8-15,17,22-23H,7,16H2,1-6H3,(H,29,34)(H,30,31)(H,32,33)/t17?,23-/m0/s1. The van der Waals surface area contributed by atoms with E-state index in [1.54, 1.807) is 27.7 Å². The van der Waals surface area contributed by atoms with Crippen LogP contribution in [0.5, 0.6) is 0 Å². The maximum atomic E-state index is 13.2. The summed E-state index contributed by atoms with van der Waals surface area (Å²) in [5.41, 5.74) is 2.22. The largest absolute Gasteiger partial charge is 0.481 e. The quantitative estimate of drug-likeness (QED) is 0.471. The molecule has 0 radical (unpaired) electrons. The molecule has 2 atom stereocenters. The molecule has 0 saturated heterocycles. The van der Waals surface area contributed by atoms with Gasteiger partial charge in [0.25, 0.3) is 0 Å². The molecule has 2 aromatic rings. The van der Waals surface area contributed by atoms with E-state index in [0.29, 0.717) is 6.42 Å². The Hall–Kier alpha value is -3.35. The van der Waals surface area contributed by atoms with Crippen molar-refractivity contribution in [1.29, 1.82) is 0 Å². The SMILES string of the molecule is CCC(C)[C@H](NC(=O)OCC1c2ccccc2-c2ccccc21)C(=O)NC(C)(C)C(C)(C)C(=O)O. The highest BCUT2D eigenvalue weighted by atomic mass is 16.5. The number of alkyl carbamates (subject to hydrolysis) is 1. The Balaban J connectivity index is 1.71. The molecule has 2 amide bonds. The van der Waals surface area contributed by atoms with Crippen molar-refractivity contribution in [2.24, 2.45) is 11.3 Å². The number of hydrogen-bond donors (Lipinski definition) is 3. The minimum absolute atomic E-state index is 0.0840. The van der Waals surface area contributed by atoms with Crippen LogP contribution in [0.2, 0.25) is 0 Å². The van der Waals surface area contributed by atoms with Crippen LogP contribution < -0.4 is 10.6 Å². The molecule has 7 nitrogen and oxygen atoms in total. The molecule has 2 aromatic carbocycles. The van der Waals surface area contributed by atoms with Gasteiger partial charge in [0.15, 0.2) is 0 Å². The van der Waals surface area contributed by atoms with E-state index in [9.17, 15) is 19.5 Å². The lowest BCUT2D eigenvalue weighted by Gasteiger charge is -2.40. The number of rotatable bonds is 9. The minimum Gasteiger partial charge on any atom is -0.481 e. The summed E-state index contributed by atoms with van der Waals surface area (Å²) in [6.45, 7) is 10.4. The van der Waals surface area contributed by atoms with Crippen LogP contribution in [0.1, 0.15) is 65.0 Å². The maximum Gasteiger partial charge on any atom is 0.407 e. The number of ether oxygens (including phenoxy) is 1. The van der Waals surface area contributed by atoms with E-state index in [1.165, 1.54) is 0 Å². The highest BCUT2D eigenvalue weighted by Crippen LogP contribution is 2.44. The van der Waals surface area contributed by atoms with Gasteiger partial charge in [-0.2, -0.15) is 0 Å². The van der Waals surface area contributed by atoms with Gasteiger partial charge in [0.2, 0.25) is 5.91 Å². The molecule has 0 bridgehead atoms. The molecule has 0 saturated carbocycles. The predicted octanol–water partition coefficient (Wildman–Crippen LogP) is 4.95. The first-order valence-corrected chi connectivity index (χ1v) is 12.1. The van der Waals surface area contributed by atoms with Gasteiger partial charge < -0.3 is 20.5 Å². The van der Waals surface area contributed by atoms with Crippen molar-refractivity contribution < 1.29 is 24.2 Å². The molecule has 188 valence electrons. The molecule has 0 aromatic heterocycles. The first kappa shape index (κ1) is 26.3. The molecular weight excluding hydrogens is 444 g/mol. The lowest BCUT2D eigenvalue weighted by molar-refractivity contribution is -0.152. The molecule has 1 aliphatic rings. The normalized spacial score (nSPS) is 14.9. The molecule has 35 heavy (non-hydrogen) atoms. The Bertz CT molecular complexity index is 1060. The van der Waals surface area contributed by atoms with Crippen molar-refractivity contribution in [3.05, 3.63) is 59.7 Å². The van der Waals surface area contributed by atoms with Gasteiger partial charge in [0, 0.05) is 5.92 Å². The van der Waals surface area contributed by atoms with Gasteiger partial charge in [-0.15, -0.1) is 0 Å². The summed E-state index contributed by atoms with van der Waals surface area (Å²) in [6.07, 6.45) is -0.0348. The van der Waals surface area contributed by atoms with Crippen LogP contribution in [0, 0.1) is 11.3 Å². The second-order valence-corrected chi connectivity index (χ2v) is 10.4. The summed E-state index contributed by atoms with van der Waals surface area (Å²) in [5.74, 6) is -1.72. The number of fused-ring (bicyclic) bond motifs is 3. The third-order valence-electron chi connectivity index (χ3n) is 7.65. The molecule has 3 N–H and O–H groups in total. The van der Waals surface area contributed by atoms with Crippen molar-refractivity contribution in [2.75, 3.05) is 6.61 Å². The first-order valence-electron chi connectivity index (χ1n) is 12.1. The van der Waals surface area contributed by atoms with Crippen molar-refractivity contribution >= 4 is 18.0 Å². The van der Waals surface area contributed by atoms with Crippen molar-refractivity contribution in [2.45, 2.75) is 65.5 Å². The summed E-state index contributed by atoms with van der Waals surface area (Å²) in [6, 6.07) is 15.3. The van der Waals surface area contributed by atoms with Crippen LogP contribution in [0.3, 0.4) is 0 Å². The fourth-order valence-electron chi connectivity index (χ4n) is 4.28. The zero-order valence-electron chi connectivity index (χ0n) is 21.3. The molecule has 1 aliphatic carbocycles. The Morgan fingerprint density at radius 2 is 1.49 bits per heavy atom. The second-order valence-electron chi connectivity index (χ2n) is 10.4. The molecule has 0 heterocycles. The summed E-state index contributed by atoms with van der Waals surface area (Å²) < 4.78 is 5.63. The van der Waals surface area contributed by atoms with Gasteiger partial charge >= 0.3 is 12.1 Å². The summed E-state index contributed by atoms with van der Waals surface area (Å²) in [7, 11) is 0. The number of amides is 2. The lowest BCUT2D eigenvalue weighted by atomic mass is 9.74. The number of carbonyl (C=O) groups is 3. The predicted molar refractivity (Wildman–Crippen MR) is 135 cm³/mol. The van der Waals surface area contributed by atoms with Crippen LogP contribution in [-0.4, -0.2) is 41.3 Å². The van der Waals surface area contributed by atoms with Crippen molar-refractivity contribution in [3.63, 3.8) is 0 Å². The Morgan fingerprint density at radius 1 is 0.971 bits per heavy atom. The number of aliphatic carboxylic acids is 1. The highest BCUT2D eigenvalue weighted by molar-refractivity contribution is 5.87. The van der Waals surface area contributed by atoms with Gasteiger partial charge in [-0.3, -0.25) is 9.59 Å². The van der Waals surface area contributed by atoms with Crippen molar-refractivity contribution in [3.8, 4) is 11.1 Å². The molecule has 0 fully saturated rings. The molecule has 3 rings (SSSR count). The minimum atomic E-state index is -1.22. The number of nitrogens with one attached hydrogen (secondary N) is 2. The number of carboxylic acids is 1. The van der Waals surface area contributed by atoms with Gasteiger partial charge in [-0.1, -0.05) is 68.8 Å². The first-order chi connectivity index (χ1) is 16.4. The van der Waals surface area contributed by atoms with Crippen LogP contribution in [0.4, 0.5) is 4.79 Å². The van der Waals surface area contributed by atoms with E-state index in [0.717, 1.165) is 22.3 Å². The fourth-order valence-corrected chi connectivity index (χ4v) is 4.28. The van der Waals surface area contributed by atoms with E-state index in [2.05, 4.69) is 22.8 Å². The van der Waals surface area contributed by atoms with Crippen LogP contribution in [-0.2, 0) is 14.3 Å². The number of carboxylic acid groups (broad SMARTS) is 1.